The van der Waals surface area contributed by atoms with Gasteiger partial charge in [0.05, 0.1) is 19.9 Å². The zero-order valence-electron chi connectivity index (χ0n) is 16.6. The van der Waals surface area contributed by atoms with E-state index in [0.29, 0.717) is 5.75 Å². The molecule has 0 radical (unpaired) electrons. The number of hydrazone groups is 1. The summed E-state index contributed by atoms with van der Waals surface area (Å²) in [5, 5.41) is 4.61. The number of allylic oxidation sites excluding steroid dienone is 1. The fourth-order valence-corrected chi connectivity index (χ4v) is 3.13. The van der Waals surface area contributed by atoms with Crippen molar-refractivity contribution in [2.75, 3.05) is 33.2 Å². The van der Waals surface area contributed by atoms with Crippen LogP contribution in [0.25, 0.3) is 6.08 Å². The highest BCUT2D eigenvalue weighted by Crippen LogP contribution is 2.32. The monoisotopic (exact) mass is 365 g/mol. The van der Waals surface area contributed by atoms with Gasteiger partial charge < -0.3 is 19.8 Å². The lowest BCUT2D eigenvalue weighted by Crippen LogP contribution is -2.21. The Balaban J connectivity index is 1.95. The van der Waals surface area contributed by atoms with E-state index in [9.17, 15) is 0 Å². The second-order valence-corrected chi connectivity index (χ2v) is 6.91. The van der Waals surface area contributed by atoms with Gasteiger partial charge in [0, 0.05) is 31.4 Å². The quantitative estimate of drug-likeness (QED) is 0.877. The molecule has 0 saturated heterocycles. The van der Waals surface area contributed by atoms with Gasteiger partial charge in [-0.15, -0.1) is 0 Å². The number of ether oxygens (including phenoxy) is 2. The van der Waals surface area contributed by atoms with E-state index in [-0.39, 0.29) is 6.04 Å². The van der Waals surface area contributed by atoms with E-state index in [1.807, 2.05) is 32.3 Å². The van der Waals surface area contributed by atoms with Gasteiger partial charge >= 0.3 is 0 Å². The topological polar surface area (TPSA) is 46.1 Å². The second-order valence-electron chi connectivity index (χ2n) is 6.91. The van der Waals surface area contributed by atoms with Crippen LogP contribution in [0.4, 0.5) is 5.69 Å². The van der Waals surface area contributed by atoms with Crippen LogP contribution in [0.15, 0.2) is 47.6 Å². The van der Waals surface area contributed by atoms with Gasteiger partial charge in [-0.1, -0.05) is 18.2 Å². The highest BCUT2D eigenvalue weighted by atomic mass is 16.5. The van der Waals surface area contributed by atoms with Crippen molar-refractivity contribution in [3.05, 3.63) is 59.2 Å². The van der Waals surface area contributed by atoms with Crippen LogP contribution in [0.1, 0.15) is 23.6 Å². The summed E-state index contributed by atoms with van der Waals surface area (Å²) in [6, 6.07) is 12.7. The number of methoxy groups -OCH3 is 2. The van der Waals surface area contributed by atoms with Crippen molar-refractivity contribution >= 4 is 17.5 Å². The van der Waals surface area contributed by atoms with Crippen LogP contribution in [0.2, 0.25) is 0 Å². The standard InChI is InChI=1S/C22H27N3O2/c1-15-12-17-13-21(26-4)22(27-5)14-19(17)20(24-23-15)11-8-16-6-9-18(10-7-16)25(2)3/h6-11,13-15,23H,12H2,1-5H3/b11-8+. The largest absolute Gasteiger partial charge is 0.493 e. The molecule has 0 bridgehead atoms. The number of anilines is 1. The van der Waals surface area contributed by atoms with E-state index in [2.05, 4.69) is 52.7 Å². The van der Waals surface area contributed by atoms with Gasteiger partial charge in [0.1, 0.15) is 0 Å². The Bertz CT molecular complexity index is 855. The van der Waals surface area contributed by atoms with Crippen molar-refractivity contribution < 1.29 is 9.47 Å². The molecule has 1 aliphatic heterocycles. The molecule has 1 unspecified atom stereocenters. The molecule has 3 rings (SSSR count). The normalized spacial score (nSPS) is 16.2. The van der Waals surface area contributed by atoms with Gasteiger partial charge in [-0.3, -0.25) is 0 Å². The van der Waals surface area contributed by atoms with Crippen molar-refractivity contribution in [2.45, 2.75) is 19.4 Å². The zero-order valence-corrected chi connectivity index (χ0v) is 16.6. The Labute approximate surface area is 161 Å². The molecular weight excluding hydrogens is 338 g/mol. The third kappa shape index (κ3) is 4.25. The summed E-state index contributed by atoms with van der Waals surface area (Å²) in [6.45, 7) is 2.12. The fraction of sp³-hybridized carbons (Fsp3) is 0.318. The first-order chi connectivity index (χ1) is 13.0. The van der Waals surface area contributed by atoms with Crippen molar-refractivity contribution in [1.29, 1.82) is 0 Å². The maximum atomic E-state index is 5.49. The highest BCUT2D eigenvalue weighted by molar-refractivity contribution is 6.12. The third-order valence-corrected chi connectivity index (χ3v) is 4.66. The predicted molar refractivity (Wildman–Crippen MR) is 112 cm³/mol. The first-order valence-electron chi connectivity index (χ1n) is 9.05. The van der Waals surface area contributed by atoms with Gasteiger partial charge in [-0.05, 0) is 54.8 Å². The van der Waals surface area contributed by atoms with Crippen molar-refractivity contribution in [3.63, 3.8) is 0 Å². The minimum Gasteiger partial charge on any atom is -0.493 e. The van der Waals surface area contributed by atoms with Crippen LogP contribution in [0, 0.1) is 0 Å². The molecule has 142 valence electrons. The first-order valence-corrected chi connectivity index (χ1v) is 9.05. The average Bonchev–Trinajstić information content (AvgIpc) is 2.83. The molecule has 5 nitrogen and oxygen atoms in total. The molecule has 5 heteroatoms. The number of nitrogens with one attached hydrogen (secondary N) is 1. The van der Waals surface area contributed by atoms with Crippen LogP contribution in [0.3, 0.4) is 0 Å². The highest BCUT2D eigenvalue weighted by Gasteiger charge is 2.19. The van der Waals surface area contributed by atoms with E-state index < -0.39 is 0 Å². The number of hydrogen-bond acceptors (Lipinski definition) is 5. The molecule has 1 atom stereocenters. The smallest absolute Gasteiger partial charge is 0.161 e. The lowest BCUT2D eigenvalue weighted by atomic mass is 9.97. The number of fused-ring (bicyclic) bond motifs is 1. The third-order valence-electron chi connectivity index (χ3n) is 4.66. The maximum absolute atomic E-state index is 5.49. The molecule has 1 heterocycles. The summed E-state index contributed by atoms with van der Waals surface area (Å²) in [5.41, 5.74) is 8.66. The number of benzene rings is 2. The van der Waals surface area contributed by atoms with E-state index in [1.54, 1.807) is 14.2 Å². The van der Waals surface area contributed by atoms with Crippen LogP contribution in [0.5, 0.6) is 11.5 Å². The van der Waals surface area contributed by atoms with Crippen molar-refractivity contribution in [3.8, 4) is 11.5 Å². The molecule has 0 fully saturated rings. The molecule has 1 aliphatic rings. The Morgan fingerprint density at radius 1 is 1.04 bits per heavy atom. The molecule has 0 aliphatic carbocycles. The number of hydrogen-bond donors (Lipinski definition) is 1. The minimum absolute atomic E-state index is 0.243. The SMILES string of the molecule is COc1cc2c(cc1OC)C(/C=C/c1ccc(N(C)C)cc1)=NNC(C)C2. The molecule has 0 saturated carbocycles. The Hall–Kier alpha value is -2.95. The van der Waals surface area contributed by atoms with E-state index in [1.165, 1.54) is 11.3 Å². The maximum Gasteiger partial charge on any atom is 0.161 e. The molecule has 0 amide bonds. The first kappa shape index (κ1) is 18.8. The van der Waals surface area contributed by atoms with Crippen molar-refractivity contribution in [1.82, 2.24) is 5.43 Å². The summed E-state index contributed by atoms with van der Waals surface area (Å²) in [7, 11) is 7.39. The summed E-state index contributed by atoms with van der Waals surface area (Å²) in [6.07, 6.45) is 4.99. The summed E-state index contributed by atoms with van der Waals surface area (Å²) in [4.78, 5) is 2.09. The Morgan fingerprint density at radius 3 is 2.33 bits per heavy atom. The summed E-state index contributed by atoms with van der Waals surface area (Å²) < 4.78 is 11.0. The van der Waals surface area contributed by atoms with Crippen molar-refractivity contribution in [2.24, 2.45) is 5.10 Å². The molecule has 1 N–H and O–H groups in total. The molecule has 2 aromatic rings. The number of rotatable bonds is 5. The van der Waals surface area contributed by atoms with Gasteiger partial charge in [0.25, 0.3) is 0 Å². The lowest BCUT2D eigenvalue weighted by molar-refractivity contribution is 0.354. The van der Waals surface area contributed by atoms with E-state index in [4.69, 9.17) is 9.47 Å². The summed E-state index contributed by atoms with van der Waals surface area (Å²) in [5.74, 6) is 1.45. The van der Waals surface area contributed by atoms with E-state index >= 15 is 0 Å². The zero-order chi connectivity index (χ0) is 19.4. The summed E-state index contributed by atoms with van der Waals surface area (Å²) >= 11 is 0. The molecule has 2 aromatic carbocycles. The Kier molecular flexibility index (Phi) is 5.69. The Morgan fingerprint density at radius 2 is 1.70 bits per heavy atom. The van der Waals surface area contributed by atoms with Gasteiger partial charge in [0.15, 0.2) is 11.5 Å². The minimum atomic E-state index is 0.243. The number of nitrogens with zero attached hydrogens (tertiary/aromatic N) is 2. The molecule has 0 aromatic heterocycles. The van der Waals surface area contributed by atoms with Gasteiger partial charge in [-0.2, -0.15) is 5.10 Å². The van der Waals surface area contributed by atoms with Crippen LogP contribution >= 0.6 is 0 Å². The van der Waals surface area contributed by atoms with Crippen LogP contribution < -0.4 is 19.8 Å². The molecule has 0 spiro atoms. The fourth-order valence-electron chi connectivity index (χ4n) is 3.13. The van der Waals surface area contributed by atoms with Gasteiger partial charge in [-0.25, -0.2) is 0 Å². The van der Waals surface area contributed by atoms with Gasteiger partial charge in [0.2, 0.25) is 0 Å². The second kappa shape index (κ2) is 8.16. The lowest BCUT2D eigenvalue weighted by Gasteiger charge is -2.14. The molecule has 27 heavy (non-hydrogen) atoms. The predicted octanol–water partition coefficient (Wildman–Crippen LogP) is 3.72. The van der Waals surface area contributed by atoms with Crippen LogP contribution in [-0.2, 0) is 6.42 Å². The molecular formula is C22H27N3O2. The average molecular weight is 365 g/mol. The van der Waals surface area contributed by atoms with E-state index in [0.717, 1.165) is 29.0 Å². The van der Waals surface area contributed by atoms with Crippen LogP contribution in [-0.4, -0.2) is 40.1 Å².